The molecule has 1 aliphatic rings. The van der Waals surface area contributed by atoms with Crippen LogP contribution in [0.1, 0.15) is 32.1 Å². The number of thiazole rings is 1. The van der Waals surface area contributed by atoms with Crippen molar-refractivity contribution in [3.63, 3.8) is 0 Å². The Morgan fingerprint density at radius 2 is 1.96 bits per heavy atom. The Morgan fingerprint density at radius 3 is 2.71 bits per heavy atom. The van der Waals surface area contributed by atoms with Crippen LogP contribution in [0.3, 0.4) is 0 Å². The number of fused-ring (bicyclic) bond motifs is 1. The Hall–Kier alpha value is -1.92. The van der Waals surface area contributed by atoms with Gasteiger partial charge < -0.3 is 0 Å². The molecular weight excluding hydrogens is 344 g/mol. The van der Waals surface area contributed by atoms with E-state index in [9.17, 15) is 4.79 Å². The van der Waals surface area contributed by atoms with E-state index in [-0.39, 0.29) is 11.8 Å². The third kappa shape index (κ3) is 3.03. The van der Waals surface area contributed by atoms with Crippen LogP contribution in [0.15, 0.2) is 29.6 Å². The Bertz CT molecular complexity index is 864. The molecule has 1 fully saturated rings. The molecule has 0 unspecified atom stereocenters. The van der Waals surface area contributed by atoms with Crippen molar-refractivity contribution in [2.75, 3.05) is 5.32 Å². The first-order chi connectivity index (χ1) is 11.7. The van der Waals surface area contributed by atoms with Gasteiger partial charge in [0.25, 0.3) is 0 Å². The average Bonchev–Trinajstić information content (AvgIpc) is 3.16. The predicted molar refractivity (Wildman–Crippen MR) is 96.5 cm³/mol. The van der Waals surface area contributed by atoms with E-state index in [1.165, 1.54) is 17.8 Å². The fourth-order valence-electron chi connectivity index (χ4n) is 3.13. The van der Waals surface area contributed by atoms with Crippen molar-refractivity contribution >= 4 is 39.8 Å². The summed E-state index contributed by atoms with van der Waals surface area (Å²) >= 11 is 7.45. The lowest BCUT2D eigenvalue weighted by molar-refractivity contribution is -0.120. The summed E-state index contributed by atoms with van der Waals surface area (Å²) in [6.07, 6.45) is 5.41. The highest BCUT2D eigenvalue weighted by molar-refractivity contribution is 7.15. The van der Waals surface area contributed by atoms with E-state index in [0.717, 1.165) is 41.9 Å². The molecule has 0 spiro atoms. The summed E-state index contributed by atoms with van der Waals surface area (Å²) in [5.74, 6) is 0.518. The number of nitrogens with zero attached hydrogens (tertiary/aromatic N) is 3. The molecular formula is C17H17ClN4OS. The number of hydrogen-bond donors (Lipinski definition) is 1. The Balaban J connectivity index is 1.57. The SMILES string of the molecule is O=C(Nc1nc2scc(-c3ccc(Cl)cc3)n2n1)C1CCCCC1. The minimum atomic E-state index is 0.0426. The second-order valence-corrected chi connectivity index (χ2v) is 7.35. The number of rotatable bonds is 3. The van der Waals surface area contributed by atoms with Crippen LogP contribution in [0, 0.1) is 5.92 Å². The zero-order valence-corrected chi connectivity index (χ0v) is 14.6. The second-order valence-electron chi connectivity index (χ2n) is 6.08. The minimum absolute atomic E-state index is 0.0426. The van der Waals surface area contributed by atoms with Crippen molar-refractivity contribution in [1.82, 2.24) is 14.6 Å². The van der Waals surface area contributed by atoms with Crippen LogP contribution < -0.4 is 5.32 Å². The Morgan fingerprint density at radius 1 is 1.21 bits per heavy atom. The van der Waals surface area contributed by atoms with Gasteiger partial charge in [-0.15, -0.1) is 16.4 Å². The maximum absolute atomic E-state index is 12.3. The number of carbonyl (C=O) groups is 1. The van der Waals surface area contributed by atoms with E-state index >= 15 is 0 Å². The molecule has 2 aromatic heterocycles. The van der Waals surface area contributed by atoms with Gasteiger partial charge in [0, 0.05) is 21.9 Å². The molecule has 1 amide bonds. The zero-order chi connectivity index (χ0) is 16.5. The van der Waals surface area contributed by atoms with E-state index < -0.39 is 0 Å². The first kappa shape index (κ1) is 15.6. The molecule has 0 atom stereocenters. The molecule has 2 heterocycles. The summed E-state index contributed by atoms with van der Waals surface area (Å²) in [7, 11) is 0. The molecule has 0 radical (unpaired) electrons. The summed E-state index contributed by atoms with van der Waals surface area (Å²) in [6.45, 7) is 0. The van der Waals surface area contributed by atoms with Crippen LogP contribution >= 0.6 is 22.9 Å². The molecule has 5 nitrogen and oxygen atoms in total. The first-order valence-electron chi connectivity index (χ1n) is 8.12. The zero-order valence-electron chi connectivity index (χ0n) is 13.0. The van der Waals surface area contributed by atoms with Crippen LogP contribution in [0.5, 0.6) is 0 Å². The lowest BCUT2D eigenvalue weighted by Crippen LogP contribution is -2.25. The van der Waals surface area contributed by atoms with Crippen molar-refractivity contribution in [3.05, 3.63) is 34.7 Å². The van der Waals surface area contributed by atoms with Gasteiger partial charge >= 0.3 is 0 Å². The van der Waals surface area contributed by atoms with Crippen molar-refractivity contribution in [2.45, 2.75) is 32.1 Å². The van der Waals surface area contributed by atoms with Crippen molar-refractivity contribution in [1.29, 1.82) is 0 Å². The van der Waals surface area contributed by atoms with Gasteiger partial charge in [0.05, 0.1) is 5.69 Å². The molecule has 0 bridgehead atoms. The number of halogens is 1. The Kier molecular flexibility index (Phi) is 4.24. The molecule has 1 aromatic carbocycles. The van der Waals surface area contributed by atoms with Gasteiger partial charge in [-0.25, -0.2) is 4.52 Å². The quantitative estimate of drug-likeness (QED) is 0.740. The number of nitrogens with one attached hydrogen (secondary N) is 1. The standard InChI is InChI=1S/C17H17ClN4OS/c18-13-8-6-11(7-9-13)14-10-24-17-20-16(21-22(14)17)19-15(23)12-4-2-1-3-5-12/h6-10,12H,1-5H2,(H,19,21,23). The maximum atomic E-state index is 12.3. The van der Waals surface area contributed by atoms with Crippen LogP contribution in [0.4, 0.5) is 5.95 Å². The fraction of sp³-hybridized carbons (Fsp3) is 0.353. The molecule has 124 valence electrons. The van der Waals surface area contributed by atoms with Gasteiger partial charge in [0.15, 0.2) is 0 Å². The minimum Gasteiger partial charge on any atom is -0.293 e. The van der Waals surface area contributed by atoms with Gasteiger partial charge in [-0.1, -0.05) is 43.0 Å². The highest BCUT2D eigenvalue weighted by Crippen LogP contribution is 2.28. The van der Waals surface area contributed by atoms with Crippen molar-refractivity contribution < 1.29 is 4.79 Å². The first-order valence-corrected chi connectivity index (χ1v) is 9.37. The van der Waals surface area contributed by atoms with E-state index in [0.29, 0.717) is 11.0 Å². The van der Waals surface area contributed by atoms with Gasteiger partial charge in [0.1, 0.15) is 0 Å². The molecule has 1 N–H and O–H groups in total. The maximum Gasteiger partial charge on any atom is 0.250 e. The molecule has 0 saturated heterocycles. The average molecular weight is 361 g/mol. The van der Waals surface area contributed by atoms with E-state index in [1.54, 1.807) is 4.52 Å². The lowest BCUT2D eigenvalue weighted by Gasteiger charge is -2.19. The molecule has 1 aliphatic carbocycles. The monoisotopic (exact) mass is 360 g/mol. The van der Waals surface area contributed by atoms with Gasteiger partial charge in [-0.2, -0.15) is 4.98 Å². The van der Waals surface area contributed by atoms with Crippen LogP contribution in [-0.4, -0.2) is 20.5 Å². The highest BCUT2D eigenvalue weighted by atomic mass is 35.5. The lowest BCUT2D eigenvalue weighted by atomic mass is 9.89. The normalized spacial score (nSPS) is 15.7. The summed E-state index contributed by atoms with van der Waals surface area (Å²) in [4.78, 5) is 17.5. The van der Waals surface area contributed by atoms with E-state index in [4.69, 9.17) is 11.6 Å². The number of benzene rings is 1. The van der Waals surface area contributed by atoms with Crippen molar-refractivity contribution in [2.24, 2.45) is 5.92 Å². The topological polar surface area (TPSA) is 59.3 Å². The van der Waals surface area contributed by atoms with Crippen LogP contribution in [-0.2, 0) is 4.79 Å². The predicted octanol–water partition coefficient (Wildman–Crippen LogP) is 4.63. The molecule has 3 aromatic rings. The summed E-state index contributed by atoms with van der Waals surface area (Å²) in [5.41, 5.74) is 1.96. The fourth-order valence-corrected chi connectivity index (χ4v) is 4.09. The second kappa shape index (κ2) is 6.53. The number of hydrogen-bond acceptors (Lipinski definition) is 4. The number of aromatic nitrogens is 3. The number of carbonyl (C=O) groups excluding carboxylic acids is 1. The third-order valence-corrected chi connectivity index (χ3v) is 5.50. The van der Waals surface area contributed by atoms with E-state index in [1.807, 2.05) is 29.6 Å². The molecule has 24 heavy (non-hydrogen) atoms. The summed E-state index contributed by atoms with van der Waals surface area (Å²) < 4.78 is 1.77. The largest absolute Gasteiger partial charge is 0.293 e. The van der Waals surface area contributed by atoms with Crippen molar-refractivity contribution in [3.8, 4) is 11.3 Å². The molecule has 4 rings (SSSR count). The summed E-state index contributed by atoms with van der Waals surface area (Å²) in [6, 6.07) is 7.60. The van der Waals surface area contributed by atoms with E-state index in [2.05, 4.69) is 15.4 Å². The smallest absolute Gasteiger partial charge is 0.250 e. The van der Waals surface area contributed by atoms with Crippen LogP contribution in [0.25, 0.3) is 16.2 Å². The van der Waals surface area contributed by atoms with Crippen LogP contribution in [0.2, 0.25) is 5.02 Å². The molecule has 1 saturated carbocycles. The number of amides is 1. The third-order valence-electron chi connectivity index (χ3n) is 4.43. The van der Waals surface area contributed by atoms with Gasteiger partial charge in [0.2, 0.25) is 16.8 Å². The van der Waals surface area contributed by atoms with Gasteiger partial charge in [-0.05, 0) is 25.0 Å². The molecule has 0 aliphatic heterocycles. The highest BCUT2D eigenvalue weighted by Gasteiger charge is 2.22. The number of anilines is 1. The van der Waals surface area contributed by atoms with Gasteiger partial charge in [-0.3, -0.25) is 10.1 Å². The Labute approximate surface area is 148 Å². The summed E-state index contributed by atoms with van der Waals surface area (Å²) in [5, 5.41) is 10.0. The molecule has 7 heteroatoms.